The summed E-state index contributed by atoms with van der Waals surface area (Å²) < 4.78 is 50.7. The SMILES string of the molecule is N#Cc1cccc(CN(CC(=O)O)CC(F)(F)F)c1F. The molecule has 1 N–H and O–H groups in total. The standard InChI is InChI=1S/C12H10F4N2O2/c13-11-8(4-17)2-1-3-9(11)5-18(6-10(19)20)7-12(14,15)16/h1-3H,5-7H2,(H,19,20). The van der Waals surface area contributed by atoms with Crippen molar-refractivity contribution in [1.29, 1.82) is 5.26 Å². The van der Waals surface area contributed by atoms with E-state index in [1.807, 2.05) is 0 Å². The van der Waals surface area contributed by atoms with E-state index in [1.165, 1.54) is 18.2 Å². The fourth-order valence-corrected chi connectivity index (χ4v) is 1.64. The third kappa shape index (κ3) is 4.85. The lowest BCUT2D eigenvalue weighted by Crippen LogP contribution is -2.37. The van der Waals surface area contributed by atoms with Gasteiger partial charge in [0.25, 0.3) is 0 Å². The summed E-state index contributed by atoms with van der Waals surface area (Å²) >= 11 is 0. The number of halogens is 4. The highest BCUT2D eigenvalue weighted by Gasteiger charge is 2.32. The number of aliphatic carboxylic acids is 1. The van der Waals surface area contributed by atoms with E-state index in [4.69, 9.17) is 10.4 Å². The van der Waals surface area contributed by atoms with Crippen molar-refractivity contribution in [2.45, 2.75) is 12.7 Å². The van der Waals surface area contributed by atoms with Gasteiger partial charge < -0.3 is 5.11 Å². The molecule has 0 heterocycles. The minimum atomic E-state index is -4.60. The number of nitrogens with zero attached hydrogens (tertiary/aromatic N) is 2. The molecular weight excluding hydrogens is 280 g/mol. The highest BCUT2D eigenvalue weighted by atomic mass is 19.4. The molecule has 1 rings (SSSR count). The Kier molecular flexibility index (Phi) is 5.05. The maximum absolute atomic E-state index is 13.7. The molecule has 108 valence electrons. The zero-order valence-electron chi connectivity index (χ0n) is 10.1. The number of alkyl halides is 3. The van der Waals surface area contributed by atoms with Gasteiger partial charge in [0, 0.05) is 12.1 Å². The second kappa shape index (κ2) is 6.34. The van der Waals surface area contributed by atoms with Crippen molar-refractivity contribution >= 4 is 5.97 Å². The molecule has 0 aliphatic heterocycles. The number of benzene rings is 1. The Balaban J connectivity index is 2.95. The van der Waals surface area contributed by atoms with Crippen LogP contribution in [-0.2, 0) is 11.3 Å². The van der Waals surface area contributed by atoms with Crippen LogP contribution in [0.15, 0.2) is 18.2 Å². The molecular formula is C12H10F4N2O2. The molecule has 0 bridgehead atoms. The lowest BCUT2D eigenvalue weighted by Gasteiger charge is -2.22. The predicted octanol–water partition coefficient (Wildman–Crippen LogP) is 2.15. The lowest BCUT2D eigenvalue weighted by molar-refractivity contribution is -0.154. The summed E-state index contributed by atoms with van der Waals surface area (Å²) in [6, 6.07) is 5.28. The molecule has 0 aliphatic rings. The van der Waals surface area contributed by atoms with E-state index in [1.54, 1.807) is 6.07 Å². The first kappa shape index (κ1) is 15.9. The second-order valence-corrected chi connectivity index (χ2v) is 4.04. The first-order valence-electron chi connectivity index (χ1n) is 5.41. The lowest BCUT2D eigenvalue weighted by atomic mass is 10.1. The second-order valence-electron chi connectivity index (χ2n) is 4.04. The molecule has 1 aromatic rings. The maximum atomic E-state index is 13.7. The van der Waals surface area contributed by atoms with Crippen molar-refractivity contribution in [2.24, 2.45) is 0 Å². The van der Waals surface area contributed by atoms with Gasteiger partial charge in [0.15, 0.2) is 0 Å². The molecule has 20 heavy (non-hydrogen) atoms. The summed E-state index contributed by atoms with van der Waals surface area (Å²) in [4.78, 5) is 11.1. The van der Waals surface area contributed by atoms with Gasteiger partial charge in [0.1, 0.15) is 11.9 Å². The molecule has 0 aliphatic carbocycles. The van der Waals surface area contributed by atoms with Crippen molar-refractivity contribution in [3.63, 3.8) is 0 Å². The predicted molar refractivity (Wildman–Crippen MR) is 60.1 cm³/mol. The highest BCUT2D eigenvalue weighted by Crippen LogP contribution is 2.20. The smallest absolute Gasteiger partial charge is 0.401 e. The molecule has 0 aromatic heterocycles. The number of hydrogen-bond donors (Lipinski definition) is 1. The number of carbonyl (C=O) groups is 1. The summed E-state index contributed by atoms with van der Waals surface area (Å²) in [7, 11) is 0. The van der Waals surface area contributed by atoms with E-state index in [2.05, 4.69) is 0 Å². The van der Waals surface area contributed by atoms with Crippen LogP contribution >= 0.6 is 0 Å². The average Bonchev–Trinajstić information content (AvgIpc) is 2.28. The molecule has 0 amide bonds. The fraction of sp³-hybridized carbons (Fsp3) is 0.333. The minimum Gasteiger partial charge on any atom is -0.480 e. The normalized spacial score (nSPS) is 11.4. The first-order chi connectivity index (χ1) is 9.23. The van der Waals surface area contributed by atoms with E-state index >= 15 is 0 Å². The van der Waals surface area contributed by atoms with Gasteiger partial charge in [-0.25, -0.2) is 4.39 Å². The molecule has 1 aromatic carbocycles. The molecule has 0 saturated carbocycles. The monoisotopic (exact) mass is 290 g/mol. The number of rotatable bonds is 5. The van der Waals surface area contributed by atoms with Crippen molar-refractivity contribution in [3.8, 4) is 6.07 Å². The van der Waals surface area contributed by atoms with Crippen molar-refractivity contribution < 1.29 is 27.5 Å². The van der Waals surface area contributed by atoms with Crippen LogP contribution in [0.4, 0.5) is 17.6 Å². The van der Waals surface area contributed by atoms with Gasteiger partial charge >= 0.3 is 12.1 Å². The van der Waals surface area contributed by atoms with E-state index in [9.17, 15) is 22.4 Å². The molecule has 8 heteroatoms. The zero-order valence-corrected chi connectivity index (χ0v) is 10.1. The maximum Gasteiger partial charge on any atom is 0.401 e. The largest absolute Gasteiger partial charge is 0.480 e. The number of carboxylic acid groups (broad SMARTS) is 1. The Bertz CT molecular complexity index is 537. The number of hydrogen-bond acceptors (Lipinski definition) is 3. The molecule has 0 fully saturated rings. The van der Waals surface area contributed by atoms with E-state index in [0.29, 0.717) is 4.90 Å². The van der Waals surface area contributed by atoms with Gasteiger partial charge in [-0.1, -0.05) is 12.1 Å². The third-order valence-corrected chi connectivity index (χ3v) is 2.35. The van der Waals surface area contributed by atoms with Gasteiger partial charge in [-0.3, -0.25) is 9.69 Å². The van der Waals surface area contributed by atoms with Crippen LogP contribution in [0.1, 0.15) is 11.1 Å². The van der Waals surface area contributed by atoms with Crippen LogP contribution in [0.5, 0.6) is 0 Å². The molecule has 0 saturated heterocycles. The molecule has 0 unspecified atom stereocenters. The summed E-state index contributed by atoms with van der Waals surface area (Å²) in [5.41, 5.74) is -0.459. The topological polar surface area (TPSA) is 64.3 Å². The highest BCUT2D eigenvalue weighted by molar-refractivity contribution is 5.69. The van der Waals surface area contributed by atoms with Gasteiger partial charge in [-0.15, -0.1) is 0 Å². The zero-order chi connectivity index (χ0) is 15.3. The van der Waals surface area contributed by atoms with Crippen LogP contribution in [0.3, 0.4) is 0 Å². The van der Waals surface area contributed by atoms with Crippen molar-refractivity contribution in [1.82, 2.24) is 4.90 Å². The van der Waals surface area contributed by atoms with Gasteiger partial charge in [0.05, 0.1) is 18.7 Å². The van der Waals surface area contributed by atoms with Crippen molar-refractivity contribution in [3.05, 3.63) is 35.1 Å². The van der Waals surface area contributed by atoms with Crippen LogP contribution in [-0.4, -0.2) is 35.2 Å². The Labute approximate surface area is 111 Å². The van der Waals surface area contributed by atoms with E-state index < -0.39 is 37.6 Å². The van der Waals surface area contributed by atoms with Gasteiger partial charge in [-0.2, -0.15) is 18.4 Å². The average molecular weight is 290 g/mol. The van der Waals surface area contributed by atoms with Crippen LogP contribution in [0, 0.1) is 17.1 Å². The summed E-state index contributed by atoms with van der Waals surface area (Å²) in [6.07, 6.45) is -4.60. The minimum absolute atomic E-state index is 0.158. The molecule has 0 radical (unpaired) electrons. The van der Waals surface area contributed by atoms with Crippen molar-refractivity contribution in [2.75, 3.05) is 13.1 Å². The van der Waals surface area contributed by atoms with Gasteiger partial charge in [-0.05, 0) is 6.07 Å². The Hall–Kier alpha value is -2.14. The summed E-state index contributed by atoms with van der Waals surface area (Å²) in [5, 5.41) is 17.2. The fourth-order valence-electron chi connectivity index (χ4n) is 1.64. The Morgan fingerprint density at radius 3 is 2.55 bits per heavy atom. The molecule has 0 spiro atoms. The number of nitriles is 1. The van der Waals surface area contributed by atoms with Crippen LogP contribution in [0.2, 0.25) is 0 Å². The van der Waals surface area contributed by atoms with E-state index in [0.717, 1.165) is 0 Å². The molecule has 4 nitrogen and oxygen atoms in total. The van der Waals surface area contributed by atoms with Crippen LogP contribution < -0.4 is 0 Å². The Morgan fingerprint density at radius 1 is 1.40 bits per heavy atom. The first-order valence-corrected chi connectivity index (χ1v) is 5.41. The van der Waals surface area contributed by atoms with E-state index in [-0.39, 0.29) is 11.1 Å². The Morgan fingerprint density at radius 2 is 2.05 bits per heavy atom. The summed E-state index contributed by atoms with van der Waals surface area (Å²) in [6.45, 7) is -2.90. The number of carboxylic acids is 1. The summed E-state index contributed by atoms with van der Waals surface area (Å²) in [5.74, 6) is -2.39. The quantitative estimate of drug-likeness (QED) is 0.844. The van der Waals surface area contributed by atoms with Gasteiger partial charge in [0.2, 0.25) is 0 Å². The third-order valence-electron chi connectivity index (χ3n) is 2.35. The van der Waals surface area contributed by atoms with Crippen LogP contribution in [0.25, 0.3) is 0 Å². The molecule has 0 atom stereocenters.